The monoisotopic (exact) mass is 264 g/mol. The van der Waals surface area contributed by atoms with Gasteiger partial charge in [-0.15, -0.1) is 0 Å². The molecule has 0 heterocycles. The Kier molecular flexibility index (Phi) is 4.27. The highest BCUT2D eigenvalue weighted by Crippen LogP contribution is 2.29. The first-order chi connectivity index (χ1) is 9.13. The quantitative estimate of drug-likeness (QED) is 0.770. The summed E-state index contributed by atoms with van der Waals surface area (Å²) in [5.74, 6) is -0.147. The van der Waals surface area contributed by atoms with Crippen molar-refractivity contribution in [1.29, 1.82) is 0 Å². The molecule has 1 aromatic carbocycles. The number of nitrogens with one attached hydrogen (secondary N) is 1. The van der Waals surface area contributed by atoms with Crippen molar-refractivity contribution in [2.24, 2.45) is 5.73 Å². The molecule has 0 radical (unpaired) electrons. The molecule has 2 rings (SSSR count). The molecule has 5 nitrogen and oxygen atoms in total. The predicted octanol–water partition coefficient (Wildman–Crippen LogP) is 1.40. The molecule has 0 bridgehead atoms. The van der Waals surface area contributed by atoms with E-state index in [1.807, 2.05) is 0 Å². The Morgan fingerprint density at radius 3 is 2.84 bits per heavy atom. The molecule has 1 aromatic rings. The molecule has 4 N–H and O–H groups in total. The minimum Gasteiger partial charge on any atom is -0.504 e. The van der Waals surface area contributed by atoms with E-state index in [1.54, 1.807) is 18.2 Å². The van der Waals surface area contributed by atoms with Gasteiger partial charge in [0.2, 0.25) is 0 Å². The largest absolute Gasteiger partial charge is 0.504 e. The van der Waals surface area contributed by atoms with E-state index in [-0.39, 0.29) is 29.3 Å². The van der Waals surface area contributed by atoms with E-state index in [4.69, 9.17) is 10.5 Å². The number of rotatable bonds is 3. The minimum atomic E-state index is -0.307. The van der Waals surface area contributed by atoms with Crippen molar-refractivity contribution in [2.75, 3.05) is 7.11 Å². The minimum absolute atomic E-state index is 0.00884. The van der Waals surface area contributed by atoms with Crippen molar-refractivity contribution in [3.8, 4) is 11.5 Å². The lowest BCUT2D eigenvalue weighted by Gasteiger charge is -2.29. The number of phenols is 1. The van der Waals surface area contributed by atoms with Gasteiger partial charge in [0.05, 0.1) is 12.7 Å². The molecule has 2 unspecified atom stereocenters. The lowest BCUT2D eigenvalue weighted by molar-refractivity contribution is 0.0918. The Bertz CT molecular complexity index is 462. The Morgan fingerprint density at radius 2 is 2.16 bits per heavy atom. The third kappa shape index (κ3) is 2.98. The number of amides is 1. The fraction of sp³-hybridized carbons (Fsp3) is 0.500. The van der Waals surface area contributed by atoms with Crippen LogP contribution in [0.4, 0.5) is 0 Å². The molecule has 2 atom stereocenters. The van der Waals surface area contributed by atoms with E-state index in [9.17, 15) is 9.90 Å². The van der Waals surface area contributed by atoms with Crippen LogP contribution in [0.1, 0.15) is 36.0 Å². The molecule has 1 aliphatic carbocycles. The van der Waals surface area contributed by atoms with Crippen molar-refractivity contribution < 1.29 is 14.6 Å². The third-order valence-corrected chi connectivity index (χ3v) is 3.60. The molecule has 0 aromatic heterocycles. The predicted molar refractivity (Wildman–Crippen MR) is 72.4 cm³/mol. The Labute approximate surface area is 112 Å². The van der Waals surface area contributed by atoms with Crippen molar-refractivity contribution in [3.63, 3.8) is 0 Å². The number of carbonyl (C=O) groups excluding carboxylic acids is 1. The fourth-order valence-corrected chi connectivity index (χ4v) is 2.46. The summed E-state index contributed by atoms with van der Waals surface area (Å²) in [6.45, 7) is 0. The summed E-state index contributed by atoms with van der Waals surface area (Å²) in [5, 5.41) is 12.8. The summed E-state index contributed by atoms with van der Waals surface area (Å²) < 4.78 is 4.99. The van der Waals surface area contributed by atoms with E-state index in [1.165, 1.54) is 7.11 Å². The summed E-state index contributed by atoms with van der Waals surface area (Å²) in [4.78, 5) is 12.2. The van der Waals surface area contributed by atoms with Crippen molar-refractivity contribution in [3.05, 3.63) is 23.8 Å². The number of para-hydroxylation sites is 1. The SMILES string of the molecule is COc1cccc(C(=O)NC2CCCCC2N)c1O. The molecular formula is C14H20N2O3. The Hall–Kier alpha value is -1.75. The standard InChI is InChI=1S/C14H20N2O3/c1-19-12-8-4-5-9(13(12)17)14(18)16-11-7-3-2-6-10(11)15/h4-5,8,10-11,17H,2-3,6-7,15H2,1H3,(H,16,18). The number of carbonyl (C=O) groups is 1. The van der Waals surface area contributed by atoms with Gasteiger partial charge >= 0.3 is 0 Å². The lowest BCUT2D eigenvalue weighted by atomic mass is 9.91. The van der Waals surface area contributed by atoms with Gasteiger partial charge < -0.3 is 20.9 Å². The molecular weight excluding hydrogens is 244 g/mol. The molecule has 1 saturated carbocycles. The van der Waals surface area contributed by atoms with E-state index in [2.05, 4.69) is 5.32 Å². The molecule has 0 spiro atoms. The molecule has 1 aliphatic rings. The van der Waals surface area contributed by atoms with Crippen LogP contribution < -0.4 is 15.8 Å². The summed E-state index contributed by atoms with van der Waals surface area (Å²) >= 11 is 0. The molecule has 19 heavy (non-hydrogen) atoms. The van der Waals surface area contributed by atoms with Crippen LogP contribution in [-0.2, 0) is 0 Å². The maximum Gasteiger partial charge on any atom is 0.255 e. The van der Waals surface area contributed by atoms with Gasteiger partial charge in [0, 0.05) is 12.1 Å². The highest BCUT2D eigenvalue weighted by atomic mass is 16.5. The first-order valence-electron chi connectivity index (χ1n) is 6.56. The van der Waals surface area contributed by atoms with Crippen molar-refractivity contribution in [1.82, 2.24) is 5.32 Å². The van der Waals surface area contributed by atoms with Gasteiger partial charge in [-0.05, 0) is 25.0 Å². The summed E-state index contributed by atoms with van der Waals surface area (Å²) in [5.41, 5.74) is 6.22. The smallest absolute Gasteiger partial charge is 0.255 e. The van der Waals surface area contributed by atoms with Crippen LogP contribution in [0.25, 0.3) is 0 Å². The average Bonchev–Trinajstić information content (AvgIpc) is 2.41. The zero-order chi connectivity index (χ0) is 13.8. The lowest BCUT2D eigenvalue weighted by Crippen LogP contribution is -2.49. The number of phenolic OH excluding ortho intramolecular Hbond substituents is 1. The number of hydrogen-bond acceptors (Lipinski definition) is 4. The second-order valence-corrected chi connectivity index (χ2v) is 4.88. The van der Waals surface area contributed by atoms with Crippen LogP contribution >= 0.6 is 0 Å². The molecule has 104 valence electrons. The van der Waals surface area contributed by atoms with Gasteiger partial charge in [-0.1, -0.05) is 18.9 Å². The number of nitrogens with two attached hydrogens (primary N) is 1. The Balaban J connectivity index is 2.11. The van der Waals surface area contributed by atoms with Crippen LogP contribution in [0.3, 0.4) is 0 Å². The number of benzene rings is 1. The van der Waals surface area contributed by atoms with Gasteiger partial charge in [-0.3, -0.25) is 4.79 Å². The number of aromatic hydroxyl groups is 1. The summed E-state index contributed by atoms with van der Waals surface area (Å²) in [6.07, 6.45) is 3.99. The molecule has 5 heteroatoms. The first kappa shape index (κ1) is 13.7. The zero-order valence-corrected chi connectivity index (χ0v) is 11.1. The van der Waals surface area contributed by atoms with Crippen molar-refractivity contribution >= 4 is 5.91 Å². The normalized spacial score (nSPS) is 22.8. The van der Waals surface area contributed by atoms with Crippen LogP contribution in [0, 0.1) is 0 Å². The van der Waals surface area contributed by atoms with Crippen LogP contribution in [-0.4, -0.2) is 30.2 Å². The van der Waals surface area contributed by atoms with E-state index >= 15 is 0 Å². The van der Waals surface area contributed by atoms with Crippen LogP contribution in [0.5, 0.6) is 11.5 Å². The molecule has 0 aliphatic heterocycles. The number of hydrogen-bond donors (Lipinski definition) is 3. The third-order valence-electron chi connectivity index (χ3n) is 3.60. The van der Waals surface area contributed by atoms with Crippen molar-refractivity contribution in [2.45, 2.75) is 37.8 Å². The number of methoxy groups -OCH3 is 1. The maximum absolute atomic E-state index is 12.2. The second kappa shape index (κ2) is 5.93. The van der Waals surface area contributed by atoms with E-state index in [0.29, 0.717) is 5.75 Å². The van der Waals surface area contributed by atoms with Gasteiger partial charge in [0.15, 0.2) is 11.5 Å². The van der Waals surface area contributed by atoms with E-state index < -0.39 is 0 Å². The first-order valence-corrected chi connectivity index (χ1v) is 6.56. The summed E-state index contributed by atoms with van der Waals surface area (Å²) in [6, 6.07) is 4.83. The zero-order valence-electron chi connectivity index (χ0n) is 11.1. The summed E-state index contributed by atoms with van der Waals surface area (Å²) in [7, 11) is 1.45. The topological polar surface area (TPSA) is 84.6 Å². The van der Waals surface area contributed by atoms with Crippen LogP contribution in [0.15, 0.2) is 18.2 Å². The van der Waals surface area contributed by atoms with Gasteiger partial charge in [-0.2, -0.15) is 0 Å². The highest BCUT2D eigenvalue weighted by Gasteiger charge is 2.25. The fourth-order valence-electron chi connectivity index (χ4n) is 2.46. The van der Waals surface area contributed by atoms with E-state index in [0.717, 1.165) is 25.7 Å². The number of ether oxygens (including phenoxy) is 1. The highest BCUT2D eigenvalue weighted by molar-refractivity contribution is 5.97. The second-order valence-electron chi connectivity index (χ2n) is 4.88. The maximum atomic E-state index is 12.2. The Morgan fingerprint density at radius 1 is 1.42 bits per heavy atom. The molecule has 0 saturated heterocycles. The van der Waals surface area contributed by atoms with Crippen LogP contribution in [0.2, 0.25) is 0 Å². The van der Waals surface area contributed by atoms with Gasteiger partial charge in [0.1, 0.15) is 0 Å². The molecule has 1 fully saturated rings. The average molecular weight is 264 g/mol. The van der Waals surface area contributed by atoms with Gasteiger partial charge in [0.25, 0.3) is 5.91 Å². The molecule has 1 amide bonds. The van der Waals surface area contributed by atoms with Gasteiger partial charge in [-0.25, -0.2) is 0 Å².